The molecule has 4 rings (SSSR count). The number of benzene rings is 2. The third-order valence-corrected chi connectivity index (χ3v) is 10.1. The second kappa shape index (κ2) is 20.2. The van der Waals surface area contributed by atoms with Gasteiger partial charge in [0.15, 0.2) is 5.78 Å². The number of unbranched alkanes of at least 4 members (excludes halogenated alkanes) is 4. The Labute approximate surface area is 294 Å². The van der Waals surface area contributed by atoms with Gasteiger partial charge in [0.05, 0.1) is 13.2 Å². The molecule has 2 heterocycles. The van der Waals surface area contributed by atoms with Gasteiger partial charge < -0.3 is 28.4 Å². The van der Waals surface area contributed by atoms with Crippen molar-refractivity contribution in [3.05, 3.63) is 64.2 Å². The van der Waals surface area contributed by atoms with Gasteiger partial charge in [-0.2, -0.15) is 0 Å². The van der Waals surface area contributed by atoms with Gasteiger partial charge in [-0.25, -0.2) is 0 Å². The molecule has 48 heavy (non-hydrogen) atoms. The molecule has 1 spiro atoms. The summed E-state index contributed by atoms with van der Waals surface area (Å²) < 4.78 is 40.3. The van der Waals surface area contributed by atoms with E-state index in [0.29, 0.717) is 51.6 Å². The van der Waals surface area contributed by atoms with Gasteiger partial charge in [-0.05, 0) is 67.2 Å². The van der Waals surface area contributed by atoms with Gasteiger partial charge in [-0.1, -0.05) is 84.6 Å². The number of hydrogen-bond acceptors (Lipinski definition) is 8. The average Bonchev–Trinajstić information content (AvgIpc) is 3.45. The number of rotatable bonds is 22. The maximum atomic E-state index is 14.0. The summed E-state index contributed by atoms with van der Waals surface area (Å²) >= 11 is 1.59. The number of thioether (sulfide) groups is 1. The Morgan fingerprint density at radius 1 is 0.812 bits per heavy atom. The van der Waals surface area contributed by atoms with Crippen molar-refractivity contribution >= 4 is 17.5 Å². The molecule has 0 unspecified atom stereocenters. The van der Waals surface area contributed by atoms with Gasteiger partial charge in [0.25, 0.3) is 0 Å². The van der Waals surface area contributed by atoms with Crippen molar-refractivity contribution in [1.82, 2.24) is 0 Å². The van der Waals surface area contributed by atoms with Crippen molar-refractivity contribution < 1.29 is 33.2 Å². The second-order valence-electron chi connectivity index (χ2n) is 13.0. The first-order valence-corrected chi connectivity index (χ1v) is 19.7. The third-order valence-electron chi connectivity index (χ3n) is 9.36. The highest BCUT2D eigenvalue weighted by molar-refractivity contribution is 7.98. The predicted molar refractivity (Wildman–Crippen MR) is 193 cm³/mol. The minimum absolute atomic E-state index is 0.0729. The SMILES string of the molecule is CCCCOC[C@H]1O[C@]2(OCc3cc(SC)c(C(=O)Cc4ccc(CC)cc4)cc32)[C@H](OCCCC)[C@@H](OCCCC)[C@@H]1OCCCC. The highest BCUT2D eigenvalue weighted by Crippen LogP contribution is 2.50. The molecular weight excluding hydrogens is 625 g/mol. The Balaban J connectivity index is 1.78. The van der Waals surface area contributed by atoms with Crippen LogP contribution in [0.25, 0.3) is 0 Å². The lowest BCUT2D eigenvalue weighted by Crippen LogP contribution is -2.66. The number of ketones is 1. The van der Waals surface area contributed by atoms with Crippen molar-refractivity contribution in [3.8, 4) is 0 Å². The van der Waals surface area contributed by atoms with E-state index in [4.69, 9.17) is 28.4 Å². The van der Waals surface area contributed by atoms with Crippen molar-refractivity contribution in [2.24, 2.45) is 0 Å². The molecule has 0 aliphatic carbocycles. The van der Waals surface area contributed by atoms with E-state index in [1.54, 1.807) is 11.8 Å². The molecule has 0 radical (unpaired) electrons. The molecule has 268 valence electrons. The Hall–Kier alpha value is -1.78. The predicted octanol–water partition coefficient (Wildman–Crippen LogP) is 8.85. The van der Waals surface area contributed by atoms with Crippen LogP contribution in [0.5, 0.6) is 0 Å². The number of carbonyl (C=O) groups excluding carboxylic acids is 1. The highest BCUT2D eigenvalue weighted by Gasteiger charge is 2.61. The van der Waals surface area contributed by atoms with Gasteiger partial charge in [-0.3, -0.25) is 4.79 Å². The molecule has 0 aromatic heterocycles. The van der Waals surface area contributed by atoms with Gasteiger partial charge in [-0.15, -0.1) is 11.8 Å². The molecule has 2 aliphatic heterocycles. The smallest absolute Gasteiger partial charge is 0.225 e. The zero-order valence-corrected chi connectivity index (χ0v) is 31.2. The summed E-state index contributed by atoms with van der Waals surface area (Å²) in [6.07, 6.45) is 9.29. The highest BCUT2D eigenvalue weighted by atomic mass is 32.2. The Morgan fingerprint density at radius 2 is 1.42 bits per heavy atom. The van der Waals surface area contributed by atoms with Crippen LogP contribution in [0.1, 0.15) is 119 Å². The fourth-order valence-corrected chi connectivity index (χ4v) is 7.08. The Bertz CT molecular complexity index is 1250. The Kier molecular flexibility index (Phi) is 16.4. The fourth-order valence-electron chi connectivity index (χ4n) is 6.43. The van der Waals surface area contributed by atoms with E-state index in [2.05, 4.69) is 65.0 Å². The van der Waals surface area contributed by atoms with Crippen LogP contribution >= 0.6 is 11.8 Å². The van der Waals surface area contributed by atoms with Crippen LogP contribution in [-0.2, 0) is 53.7 Å². The summed E-state index contributed by atoms with van der Waals surface area (Å²) in [4.78, 5) is 15.0. The van der Waals surface area contributed by atoms with E-state index in [0.717, 1.165) is 79.4 Å². The normalized spacial score (nSPS) is 23.5. The van der Waals surface area contributed by atoms with Crippen molar-refractivity contribution in [2.75, 3.05) is 39.3 Å². The molecule has 7 nitrogen and oxygen atoms in total. The molecule has 0 bridgehead atoms. The number of ether oxygens (including phenoxy) is 6. The van der Waals surface area contributed by atoms with E-state index >= 15 is 0 Å². The minimum atomic E-state index is -1.27. The summed E-state index contributed by atoms with van der Waals surface area (Å²) in [5.41, 5.74) is 4.81. The number of fused-ring (bicyclic) bond motifs is 2. The summed E-state index contributed by atoms with van der Waals surface area (Å²) in [6.45, 7) is 13.9. The van der Waals surface area contributed by atoms with E-state index in [-0.39, 0.29) is 5.78 Å². The summed E-state index contributed by atoms with van der Waals surface area (Å²) in [7, 11) is 0. The maximum absolute atomic E-state index is 14.0. The molecule has 2 aliphatic rings. The first-order chi connectivity index (χ1) is 23.5. The van der Waals surface area contributed by atoms with Gasteiger partial charge in [0, 0.05) is 48.9 Å². The summed E-state index contributed by atoms with van der Waals surface area (Å²) in [5.74, 6) is -1.19. The molecule has 0 amide bonds. The molecule has 8 heteroatoms. The topological polar surface area (TPSA) is 72.5 Å². The van der Waals surface area contributed by atoms with Crippen LogP contribution in [0.15, 0.2) is 41.3 Å². The molecule has 0 N–H and O–H groups in total. The number of carbonyl (C=O) groups is 1. The molecule has 0 saturated carbocycles. The molecule has 1 saturated heterocycles. The number of hydrogen-bond donors (Lipinski definition) is 0. The fraction of sp³-hybridized carbons (Fsp3) is 0.675. The van der Waals surface area contributed by atoms with E-state index in [9.17, 15) is 4.79 Å². The Morgan fingerprint density at radius 3 is 2.04 bits per heavy atom. The average molecular weight is 685 g/mol. The standard InChI is InChI=1S/C40H60O7S/c1-7-12-20-42-28-35-37(43-21-13-8-2)38(44-22-14-9-3)39(45-23-15-10-4)40(47-35)33-26-32(36(48-6)25-31(33)27-46-40)34(41)24-30-18-16-29(11-5)17-19-30/h16-19,25-26,35,37-39H,7-15,20-24,27-28H2,1-6H3/t35-,37-,38+,39-,40+/m1/s1. The number of aryl methyl sites for hydroxylation is 1. The lowest BCUT2D eigenvalue weighted by atomic mass is 9.85. The molecule has 2 aromatic carbocycles. The van der Waals surface area contributed by atoms with Gasteiger partial charge in [0.2, 0.25) is 5.79 Å². The molecule has 1 fully saturated rings. The van der Waals surface area contributed by atoms with Gasteiger partial charge >= 0.3 is 0 Å². The number of Topliss-reactive ketones (excluding diaryl/α,β-unsaturated/α-hetero) is 1. The van der Waals surface area contributed by atoms with E-state index in [1.807, 2.05) is 12.3 Å². The molecular formula is C40H60O7S. The van der Waals surface area contributed by atoms with Crippen LogP contribution in [0.2, 0.25) is 0 Å². The molecule has 5 atom stereocenters. The summed E-state index contributed by atoms with van der Waals surface area (Å²) in [5, 5.41) is 0. The van der Waals surface area contributed by atoms with Crippen molar-refractivity contribution in [2.45, 2.75) is 141 Å². The van der Waals surface area contributed by atoms with Crippen molar-refractivity contribution in [1.29, 1.82) is 0 Å². The van der Waals surface area contributed by atoms with Crippen LogP contribution in [0.4, 0.5) is 0 Å². The lowest BCUT2D eigenvalue weighted by Gasteiger charge is -2.51. The monoisotopic (exact) mass is 684 g/mol. The van der Waals surface area contributed by atoms with Crippen LogP contribution < -0.4 is 0 Å². The first-order valence-electron chi connectivity index (χ1n) is 18.5. The third kappa shape index (κ3) is 9.71. The van der Waals surface area contributed by atoms with E-state index < -0.39 is 30.2 Å². The van der Waals surface area contributed by atoms with Crippen LogP contribution in [0, 0.1) is 0 Å². The van der Waals surface area contributed by atoms with Crippen LogP contribution in [-0.4, -0.2) is 69.5 Å². The minimum Gasteiger partial charge on any atom is -0.379 e. The van der Waals surface area contributed by atoms with Gasteiger partial charge in [0.1, 0.15) is 24.4 Å². The second-order valence-corrected chi connectivity index (χ2v) is 13.9. The zero-order valence-electron chi connectivity index (χ0n) is 30.4. The zero-order chi connectivity index (χ0) is 34.4. The maximum Gasteiger partial charge on any atom is 0.225 e. The van der Waals surface area contributed by atoms with Crippen LogP contribution in [0.3, 0.4) is 0 Å². The first kappa shape index (κ1) is 39.0. The summed E-state index contributed by atoms with van der Waals surface area (Å²) in [6, 6.07) is 12.5. The van der Waals surface area contributed by atoms with Crippen molar-refractivity contribution in [3.63, 3.8) is 0 Å². The quantitative estimate of drug-likeness (QED) is 0.0692. The lowest BCUT2D eigenvalue weighted by molar-refractivity contribution is -0.384. The molecule has 2 aromatic rings. The largest absolute Gasteiger partial charge is 0.379 e. The van der Waals surface area contributed by atoms with E-state index in [1.165, 1.54) is 5.56 Å².